The lowest BCUT2D eigenvalue weighted by Crippen LogP contribution is -2.46. The molecule has 6 heteroatoms. The van der Waals surface area contributed by atoms with Gasteiger partial charge in [0.25, 0.3) is 0 Å². The first-order valence-electron chi connectivity index (χ1n) is 28.1. The Hall–Kier alpha value is -2.44. The lowest BCUT2D eigenvalue weighted by molar-refractivity contribution is -0.151. The molecule has 0 saturated heterocycles. The Morgan fingerprint density at radius 3 is 1.23 bits per heavy atom. The molecular weight excluding hydrogens is 803 g/mol. The molecule has 0 aliphatic rings. The van der Waals surface area contributed by atoms with Crippen LogP contribution in [0.15, 0.2) is 60.8 Å². The van der Waals surface area contributed by atoms with Crippen molar-refractivity contribution in [3.63, 3.8) is 0 Å². The molecule has 0 aromatic carbocycles. The predicted molar refractivity (Wildman–Crippen MR) is 282 cm³/mol. The number of aliphatic hydroxyl groups excluding tert-OH is 2. The first-order valence-corrected chi connectivity index (χ1v) is 28.1. The van der Waals surface area contributed by atoms with Gasteiger partial charge in [-0.3, -0.25) is 9.59 Å². The van der Waals surface area contributed by atoms with Crippen molar-refractivity contribution in [3.05, 3.63) is 60.8 Å². The highest BCUT2D eigenvalue weighted by Crippen LogP contribution is 2.18. The van der Waals surface area contributed by atoms with Gasteiger partial charge in [-0.1, -0.05) is 287 Å². The van der Waals surface area contributed by atoms with Crippen LogP contribution in [0.2, 0.25) is 0 Å². The Morgan fingerprint density at radius 1 is 0.462 bits per heavy atom. The molecule has 0 radical (unpaired) electrons. The monoisotopic (exact) mass is 910 g/mol. The Labute approximate surface area is 403 Å². The largest absolute Gasteiger partial charge is 0.462 e. The molecule has 0 bridgehead atoms. The van der Waals surface area contributed by atoms with Gasteiger partial charge in [0.15, 0.2) is 0 Å². The number of hydrogen-bond donors (Lipinski definition) is 3. The van der Waals surface area contributed by atoms with E-state index in [0.717, 1.165) is 57.8 Å². The number of rotatable bonds is 50. The summed E-state index contributed by atoms with van der Waals surface area (Å²) in [6.45, 7) is 6.35. The van der Waals surface area contributed by atoms with E-state index in [1.807, 2.05) is 48.6 Å². The van der Waals surface area contributed by atoms with E-state index in [1.54, 1.807) is 0 Å². The first kappa shape index (κ1) is 62.6. The Morgan fingerprint density at radius 2 is 0.831 bits per heavy atom. The van der Waals surface area contributed by atoms with Crippen molar-refractivity contribution >= 4 is 11.9 Å². The maximum absolute atomic E-state index is 13.2. The predicted octanol–water partition coefficient (Wildman–Crippen LogP) is 17.2. The number of unbranched alkanes of at least 4 members (excludes halogenated alkanes) is 32. The van der Waals surface area contributed by atoms with Gasteiger partial charge in [-0.2, -0.15) is 0 Å². The average molecular weight is 911 g/mol. The van der Waals surface area contributed by atoms with Crippen LogP contribution in [0, 0.1) is 0 Å². The molecule has 0 aliphatic carbocycles. The standard InChI is InChI=1S/C59H107NO5/c1-4-7-10-13-16-19-22-25-27-29-31-34-37-40-43-46-49-52-59(64)65-55(50-47-44-41-38-35-32-24-21-18-15-12-9-6-3)53-58(63)60-56(54-61)57(62)51-48-45-42-39-36-33-30-28-26-23-20-17-14-11-8-5-2/h9,12,15,18,21,24,32,35,38,41,55-57,61-62H,4-8,10-11,13-14,16-17,19-20,22-23,25-31,33-34,36-37,39-40,42-54H2,1-3H3,(H,60,63)/b12-9+,18-15+,24-21-,35-32-,41-38+. The van der Waals surface area contributed by atoms with Crippen molar-refractivity contribution in [1.82, 2.24) is 5.32 Å². The van der Waals surface area contributed by atoms with Gasteiger partial charge in [0, 0.05) is 6.42 Å². The number of carbonyl (C=O) groups excluding carboxylic acids is 2. The van der Waals surface area contributed by atoms with Crippen molar-refractivity contribution in [3.8, 4) is 0 Å². The molecule has 0 heterocycles. The number of carbonyl (C=O) groups is 2. The lowest BCUT2D eigenvalue weighted by atomic mass is 10.0. The first-order chi connectivity index (χ1) is 32.0. The van der Waals surface area contributed by atoms with Gasteiger partial charge in [0.2, 0.25) is 5.91 Å². The maximum Gasteiger partial charge on any atom is 0.306 e. The van der Waals surface area contributed by atoms with Crippen LogP contribution in [0.25, 0.3) is 0 Å². The van der Waals surface area contributed by atoms with Crippen molar-refractivity contribution in [1.29, 1.82) is 0 Å². The van der Waals surface area contributed by atoms with E-state index in [4.69, 9.17) is 4.74 Å². The fraction of sp³-hybridized carbons (Fsp3) is 0.797. The van der Waals surface area contributed by atoms with Crippen LogP contribution in [0.3, 0.4) is 0 Å². The maximum atomic E-state index is 13.2. The van der Waals surface area contributed by atoms with E-state index in [2.05, 4.69) is 38.2 Å². The summed E-state index contributed by atoms with van der Waals surface area (Å²) in [5, 5.41) is 23.8. The molecule has 0 fully saturated rings. The van der Waals surface area contributed by atoms with Crippen molar-refractivity contribution < 1.29 is 24.5 Å². The quantitative estimate of drug-likeness (QED) is 0.0321. The van der Waals surface area contributed by atoms with Crippen LogP contribution in [0.5, 0.6) is 0 Å². The summed E-state index contributed by atoms with van der Waals surface area (Å²) in [5.41, 5.74) is 0. The third-order valence-electron chi connectivity index (χ3n) is 12.7. The zero-order chi connectivity index (χ0) is 47.4. The number of esters is 1. The van der Waals surface area contributed by atoms with E-state index >= 15 is 0 Å². The van der Waals surface area contributed by atoms with Crippen LogP contribution in [-0.4, -0.2) is 46.9 Å². The van der Waals surface area contributed by atoms with E-state index in [1.165, 1.54) is 173 Å². The molecule has 0 saturated carbocycles. The third-order valence-corrected chi connectivity index (χ3v) is 12.7. The molecule has 0 aromatic rings. The molecule has 0 rings (SSSR count). The Bertz CT molecular complexity index is 1160. The fourth-order valence-electron chi connectivity index (χ4n) is 8.52. The van der Waals surface area contributed by atoms with E-state index in [0.29, 0.717) is 19.3 Å². The number of aliphatic hydroxyl groups is 2. The summed E-state index contributed by atoms with van der Waals surface area (Å²) in [4.78, 5) is 26.2. The van der Waals surface area contributed by atoms with Gasteiger partial charge in [0.05, 0.1) is 25.2 Å². The molecule has 3 N–H and O–H groups in total. The number of nitrogens with one attached hydrogen (secondary N) is 1. The minimum absolute atomic E-state index is 0.0302. The summed E-state index contributed by atoms with van der Waals surface area (Å²) in [7, 11) is 0. The minimum Gasteiger partial charge on any atom is -0.462 e. The SMILES string of the molecule is CC/C=C/C=C/C=C\C=C/C=C/CCCC(CC(=O)NC(CO)C(O)CCCCCCCCCCCCCCCCCC)OC(=O)CCCCCCCCCCCCCCCCCCC. The molecule has 65 heavy (non-hydrogen) atoms. The van der Waals surface area contributed by atoms with Gasteiger partial charge < -0.3 is 20.3 Å². The third kappa shape index (κ3) is 47.8. The highest BCUT2D eigenvalue weighted by molar-refractivity contribution is 5.77. The molecule has 1 amide bonds. The Balaban J connectivity index is 4.57. The van der Waals surface area contributed by atoms with E-state index < -0.39 is 18.2 Å². The van der Waals surface area contributed by atoms with Gasteiger partial charge in [0.1, 0.15) is 6.10 Å². The fourth-order valence-corrected chi connectivity index (χ4v) is 8.52. The van der Waals surface area contributed by atoms with Gasteiger partial charge in [-0.15, -0.1) is 0 Å². The molecule has 0 aliphatic heterocycles. The second-order valence-electron chi connectivity index (χ2n) is 19.1. The molecule has 378 valence electrons. The second-order valence-corrected chi connectivity index (χ2v) is 19.1. The summed E-state index contributed by atoms with van der Waals surface area (Å²) in [5.74, 6) is -0.536. The molecule has 3 atom stereocenters. The lowest BCUT2D eigenvalue weighted by Gasteiger charge is -2.24. The van der Waals surface area contributed by atoms with Crippen LogP contribution in [-0.2, 0) is 14.3 Å². The van der Waals surface area contributed by atoms with Gasteiger partial charge in [-0.25, -0.2) is 0 Å². The number of allylic oxidation sites excluding steroid dienone is 10. The van der Waals surface area contributed by atoms with Gasteiger partial charge >= 0.3 is 5.97 Å². The van der Waals surface area contributed by atoms with Crippen LogP contribution in [0.1, 0.15) is 278 Å². The minimum atomic E-state index is -0.807. The summed E-state index contributed by atoms with van der Waals surface area (Å²) in [6.07, 6.45) is 65.8. The van der Waals surface area contributed by atoms with E-state index in [-0.39, 0.29) is 24.9 Å². The highest BCUT2D eigenvalue weighted by atomic mass is 16.5. The summed E-state index contributed by atoms with van der Waals surface area (Å²) >= 11 is 0. The van der Waals surface area contributed by atoms with Gasteiger partial charge in [-0.05, 0) is 38.5 Å². The molecular formula is C59H107NO5. The van der Waals surface area contributed by atoms with Crippen molar-refractivity contribution in [2.45, 2.75) is 296 Å². The topological polar surface area (TPSA) is 95.9 Å². The molecule has 0 spiro atoms. The number of amides is 1. The average Bonchev–Trinajstić information content (AvgIpc) is 3.30. The zero-order valence-corrected chi connectivity index (χ0v) is 43.1. The zero-order valence-electron chi connectivity index (χ0n) is 43.1. The summed E-state index contributed by atoms with van der Waals surface area (Å²) in [6, 6.07) is -0.725. The van der Waals surface area contributed by atoms with Crippen LogP contribution < -0.4 is 5.32 Å². The number of hydrogen-bond acceptors (Lipinski definition) is 5. The van der Waals surface area contributed by atoms with E-state index in [9.17, 15) is 19.8 Å². The summed E-state index contributed by atoms with van der Waals surface area (Å²) < 4.78 is 5.91. The molecule has 3 unspecified atom stereocenters. The molecule has 6 nitrogen and oxygen atoms in total. The van der Waals surface area contributed by atoms with Crippen LogP contribution >= 0.6 is 0 Å². The highest BCUT2D eigenvalue weighted by Gasteiger charge is 2.24. The second kappa shape index (κ2) is 52.5. The van der Waals surface area contributed by atoms with Crippen molar-refractivity contribution in [2.75, 3.05) is 6.61 Å². The number of ether oxygens (including phenoxy) is 1. The Kier molecular flexibility index (Phi) is 50.6. The molecule has 0 aromatic heterocycles. The van der Waals surface area contributed by atoms with Crippen LogP contribution in [0.4, 0.5) is 0 Å². The van der Waals surface area contributed by atoms with Crippen molar-refractivity contribution in [2.24, 2.45) is 0 Å². The normalized spacial score (nSPS) is 13.6. The smallest absolute Gasteiger partial charge is 0.306 e.